The van der Waals surface area contributed by atoms with Gasteiger partial charge in [-0.25, -0.2) is 9.78 Å². The van der Waals surface area contributed by atoms with Crippen molar-refractivity contribution in [3.8, 4) is 11.3 Å². The first-order chi connectivity index (χ1) is 9.65. The SMILES string of the molecule is O=C(O)N1CCC[C@H]1c1ncc(-c2ccc(Br)cc2)[nH]1. The molecule has 1 aromatic carbocycles. The van der Waals surface area contributed by atoms with E-state index in [1.54, 1.807) is 6.20 Å². The van der Waals surface area contributed by atoms with Crippen LogP contribution in [0.4, 0.5) is 4.79 Å². The van der Waals surface area contributed by atoms with E-state index < -0.39 is 6.09 Å². The second-order valence-corrected chi connectivity index (χ2v) is 5.74. The van der Waals surface area contributed by atoms with Crippen LogP contribution in [0.2, 0.25) is 0 Å². The Morgan fingerprint density at radius 1 is 1.40 bits per heavy atom. The van der Waals surface area contributed by atoms with Crippen LogP contribution in [0.25, 0.3) is 11.3 Å². The van der Waals surface area contributed by atoms with Crippen molar-refractivity contribution in [2.75, 3.05) is 6.54 Å². The van der Waals surface area contributed by atoms with Crippen molar-refractivity contribution in [3.05, 3.63) is 40.8 Å². The Morgan fingerprint density at radius 3 is 2.85 bits per heavy atom. The minimum Gasteiger partial charge on any atom is -0.465 e. The number of amides is 1. The third kappa shape index (κ3) is 2.43. The lowest BCUT2D eigenvalue weighted by molar-refractivity contribution is 0.139. The van der Waals surface area contributed by atoms with Crippen LogP contribution >= 0.6 is 15.9 Å². The summed E-state index contributed by atoms with van der Waals surface area (Å²) in [5.41, 5.74) is 1.94. The maximum atomic E-state index is 11.2. The standard InChI is InChI=1S/C14H14BrN3O2/c15-10-5-3-9(4-6-10)11-8-16-13(17-11)12-2-1-7-18(12)14(19)20/h3-6,8,12H,1-2,7H2,(H,16,17)(H,19,20)/t12-/m0/s1. The van der Waals surface area contributed by atoms with Gasteiger partial charge in [-0.15, -0.1) is 0 Å². The lowest BCUT2D eigenvalue weighted by atomic mass is 10.2. The topological polar surface area (TPSA) is 69.2 Å². The second-order valence-electron chi connectivity index (χ2n) is 4.82. The van der Waals surface area contributed by atoms with E-state index in [0.29, 0.717) is 6.54 Å². The van der Waals surface area contributed by atoms with Crippen LogP contribution in [0.5, 0.6) is 0 Å². The summed E-state index contributed by atoms with van der Waals surface area (Å²) in [6.07, 6.45) is 2.58. The van der Waals surface area contributed by atoms with Gasteiger partial charge in [0.15, 0.2) is 0 Å². The third-order valence-corrected chi connectivity index (χ3v) is 4.09. The minimum atomic E-state index is -0.880. The number of aromatic nitrogens is 2. The third-order valence-electron chi connectivity index (χ3n) is 3.56. The molecule has 3 rings (SSSR count). The number of imidazole rings is 1. The summed E-state index contributed by atoms with van der Waals surface area (Å²) in [7, 11) is 0. The number of nitrogens with one attached hydrogen (secondary N) is 1. The zero-order chi connectivity index (χ0) is 14.1. The Balaban J connectivity index is 1.86. The lowest BCUT2D eigenvalue weighted by Gasteiger charge is -2.19. The van der Waals surface area contributed by atoms with Crippen LogP contribution in [0.15, 0.2) is 34.9 Å². The van der Waals surface area contributed by atoms with Crippen LogP contribution in [-0.4, -0.2) is 32.6 Å². The number of nitrogens with zero attached hydrogens (tertiary/aromatic N) is 2. The molecule has 0 bridgehead atoms. The highest BCUT2D eigenvalue weighted by Gasteiger charge is 2.31. The van der Waals surface area contributed by atoms with E-state index in [2.05, 4.69) is 25.9 Å². The molecule has 1 aliphatic heterocycles. The molecule has 1 fully saturated rings. The van der Waals surface area contributed by atoms with Gasteiger partial charge in [0.1, 0.15) is 5.82 Å². The van der Waals surface area contributed by atoms with Gasteiger partial charge in [-0.1, -0.05) is 28.1 Å². The zero-order valence-electron chi connectivity index (χ0n) is 10.7. The van der Waals surface area contributed by atoms with E-state index >= 15 is 0 Å². The largest absolute Gasteiger partial charge is 0.465 e. The Morgan fingerprint density at radius 2 is 2.15 bits per heavy atom. The molecule has 0 radical (unpaired) electrons. The maximum absolute atomic E-state index is 11.2. The zero-order valence-corrected chi connectivity index (χ0v) is 12.3. The predicted molar refractivity (Wildman–Crippen MR) is 78.4 cm³/mol. The molecule has 1 saturated heterocycles. The molecule has 0 unspecified atom stereocenters. The fourth-order valence-electron chi connectivity index (χ4n) is 2.56. The molecule has 2 N–H and O–H groups in total. The van der Waals surface area contributed by atoms with Crippen molar-refractivity contribution in [2.45, 2.75) is 18.9 Å². The Bertz CT molecular complexity index is 624. The molecule has 6 heteroatoms. The van der Waals surface area contributed by atoms with Gasteiger partial charge in [-0.2, -0.15) is 0 Å². The van der Waals surface area contributed by atoms with Gasteiger partial charge in [0.2, 0.25) is 0 Å². The van der Waals surface area contributed by atoms with Crippen molar-refractivity contribution in [1.82, 2.24) is 14.9 Å². The van der Waals surface area contributed by atoms with Gasteiger partial charge < -0.3 is 10.1 Å². The van der Waals surface area contributed by atoms with Crippen molar-refractivity contribution in [3.63, 3.8) is 0 Å². The Labute approximate surface area is 124 Å². The Kier molecular flexibility index (Phi) is 3.48. The molecule has 1 atom stereocenters. The van der Waals surface area contributed by atoms with Crippen molar-refractivity contribution in [2.24, 2.45) is 0 Å². The van der Waals surface area contributed by atoms with E-state index in [1.165, 1.54) is 4.90 Å². The number of H-pyrrole nitrogens is 1. The van der Waals surface area contributed by atoms with Gasteiger partial charge in [0.05, 0.1) is 17.9 Å². The smallest absolute Gasteiger partial charge is 0.407 e. The first-order valence-corrected chi connectivity index (χ1v) is 7.25. The van der Waals surface area contributed by atoms with Crippen molar-refractivity contribution >= 4 is 22.0 Å². The molecular weight excluding hydrogens is 322 g/mol. The first kappa shape index (κ1) is 13.2. The highest BCUT2D eigenvalue weighted by molar-refractivity contribution is 9.10. The van der Waals surface area contributed by atoms with Crippen LogP contribution in [0.3, 0.4) is 0 Å². The second kappa shape index (κ2) is 5.28. The van der Waals surface area contributed by atoms with Crippen LogP contribution in [-0.2, 0) is 0 Å². The van der Waals surface area contributed by atoms with Gasteiger partial charge >= 0.3 is 6.09 Å². The molecule has 1 aromatic heterocycles. The number of hydrogen-bond donors (Lipinski definition) is 2. The molecule has 0 aliphatic carbocycles. The van der Waals surface area contributed by atoms with Crippen molar-refractivity contribution in [1.29, 1.82) is 0 Å². The summed E-state index contributed by atoms with van der Waals surface area (Å²) in [5, 5.41) is 9.18. The molecule has 5 nitrogen and oxygen atoms in total. The van der Waals surface area contributed by atoms with Gasteiger partial charge in [0, 0.05) is 11.0 Å². The molecule has 1 aliphatic rings. The molecule has 1 amide bonds. The molecule has 2 aromatic rings. The fraction of sp³-hybridized carbons (Fsp3) is 0.286. The quantitative estimate of drug-likeness (QED) is 0.879. The average molecular weight is 336 g/mol. The number of carbonyl (C=O) groups is 1. The van der Waals surface area contributed by atoms with E-state index in [-0.39, 0.29) is 6.04 Å². The summed E-state index contributed by atoms with van der Waals surface area (Å²) in [6, 6.07) is 7.76. The highest BCUT2D eigenvalue weighted by atomic mass is 79.9. The summed E-state index contributed by atoms with van der Waals surface area (Å²) in [5.74, 6) is 0.725. The van der Waals surface area contributed by atoms with Crippen molar-refractivity contribution < 1.29 is 9.90 Å². The molecule has 0 spiro atoms. The minimum absolute atomic E-state index is 0.156. The monoisotopic (exact) mass is 335 g/mol. The van der Waals surface area contributed by atoms with Gasteiger partial charge in [-0.05, 0) is 30.5 Å². The normalized spacial score (nSPS) is 18.4. The summed E-state index contributed by atoms with van der Waals surface area (Å²) < 4.78 is 1.02. The van der Waals surface area contributed by atoms with E-state index in [4.69, 9.17) is 0 Å². The number of hydrogen-bond acceptors (Lipinski definition) is 2. The molecule has 104 valence electrons. The van der Waals surface area contributed by atoms with Crippen LogP contribution < -0.4 is 0 Å². The lowest BCUT2D eigenvalue weighted by Crippen LogP contribution is -2.29. The number of carboxylic acid groups (broad SMARTS) is 1. The van der Waals surface area contributed by atoms with E-state index in [9.17, 15) is 9.90 Å². The average Bonchev–Trinajstić information content (AvgIpc) is 3.08. The number of likely N-dealkylation sites (tertiary alicyclic amines) is 1. The Hall–Kier alpha value is -1.82. The number of halogens is 1. The van der Waals surface area contributed by atoms with Gasteiger partial charge in [-0.3, -0.25) is 4.90 Å². The summed E-state index contributed by atoms with van der Waals surface area (Å²) in [6.45, 7) is 0.578. The highest BCUT2D eigenvalue weighted by Crippen LogP contribution is 2.31. The maximum Gasteiger partial charge on any atom is 0.407 e. The predicted octanol–water partition coefficient (Wildman–Crippen LogP) is 3.65. The summed E-state index contributed by atoms with van der Waals surface area (Å²) in [4.78, 5) is 20.2. The molecule has 2 heterocycles. The number of aromatic amines is 1. The fourth-order valence-corrected chi connectivity index (χ4v) is 2.83. The molecule has 20 heavy (non-hydrogen) atoms. The first-order valence-electron chi connectivity index (χ1n) is 6.45. The molecule has 0 saturated carbocycles. The van der Waals surface area contributed by atoms with Crippen LogP contribution in [0.1, 0.15) is 24.7 Å². The number of benzene rings is 1. The van der Waals surface area contributed by atoms with Gasteiger partial charge in [0.25, 0.3) is 0 Å². The summed E-state index contributed by atoms with van der Waals surface area (Å²) >= 11 is 3.40. The van der Waals surface area contributed by atoms with E-state index in [0.717, 1.165) is 34.4 Å². The van der Waals surface area contributed by atoms with Crippen LogP contribution in [0, 0.1) is 0 Å². The number of rotatable bonds is 2. The molecular formula is C14H14BrN3O2. The van der Waals surface area contributed by atoms with E-state index in [1.807, 2.05) is 24.3 Å².